The van der Waals surface area contributed by atoms with Gasteiger partial charge in [-0.3, -0.25) is 4.57 Å². The summed E-state index contributed by atoms with van der Waals surface area (Å²) in [6.07, 6.45) is -3.76. The second kappa shape index (κ2) is 9.69. The summed E-state index contributed by atoms with van der Waals surface area (Å²) in [6.45, 7) is 5.82. The van der Waals surface area contributed by atoms with E-state index >= 15 is 0 Å². The number of para-hydroxylation sites is 1. The number of hydrogen-bond donors (Lipinski definition) is 1. The Kier molecular flexibility index (Phi) is 7.19. The molecule has 1 aliphatic rings. The SMILES string of the molecule is CC.CO.Cc1ccc(-n2c(-c3cc4ccccc4o3)cc3c2CC(C(F)(F)F)CC3)o1. The second-order valence-corrected chi connectivity index (χ2v) is 7.35. The van der Waals surface area contributed by atoms with Crippen molar-refractivity contribution < 1.29 is 27.1 Å². The van der Waals surface area contributed by atoms with Gasteiger partial charge in [-0.1, -0.05) is 32.0 Å². The summed E-state index contributed by atoms with van der Waals surface area (Å²) in [6, 6.07) is 15.1. The highest BCUT2D eigenvalue weighted by Gasteiger charge is 2.42. The Hall–Kier alpha value is -2.93. The number of rotatable bonds is 2. The first-order valence-electron chi connectivity index (χ1n) is 10.7. The van der Waals surface area contributed by atoms with E-state index in [0.717, 1.165) is 29.3 Å². The molecule has 0 aliphatic heterocycles. The first-order chi connectivity index (χ1) is 15.4. The van der Waals surface area contributed by atoms with Crippen LogP contribution in [-0.4, -0.2) is 23.0 Å². The van der Waals surface area contributed by atoms with Gasteiger partial charge in [0.05, 0.1) is 11.6 Å². The van der Waals surface area contributed by atoms with E-state index in [1.54, 1.807) is 10.6 Å². The number of furan rings is 2. The highest BCUT2D eigenvalue weighted by atomic mass is 19.4. The van der Waals surface area contributed by atoms with Crippen LogP contribution in [0.25, 0.3) is 28.3 Å². The average Bonchev–Trinajstić information content (AvgIpc) is 3.51. The number of hydrogen-bond acceptors (Lipinski definition) is 3. The third-order valence-corrected chi connectivity index (χ3v) is 5.48. The number of halogens is 3. The minimum Gasteiger partial charge on any atom is -0.455 e. The van der Waals surface area contributed by atoms with Gasteiger partial charge in [-0.05, 0) is 56.0 Å². The number of aryl methyl sites for hydroxylation is 2. The third-order valence-electron chi connectivity index (χ3n) is 5.48. The first-order valence-corrected chi connectivity index (χ1v) is 10.7. The molecule has 5 rings (SSSR count). The number of fused-ring (bicyclic) bond motifs is 2. The largest absolute Gasteiger partial charge is 0.455 e. The van der Waals surface area contributed by atoms with E-state index in [0.29, 0.717) is 29.5 Å². The van der Waals surface area contributed by atoms with Crippen molar-refractivity contribution in [3.63, 3.8) is 0 Å². The standard InChI is InChI=1S/C22H18F3NO2.C2H6.CH4O/c1-13-6-9-21(27-13)26-17-12-16(22(23,24)25)8-7-14(17)10-18(26)20-11-15-4-2-3-5-19(15)28-20;2*1-2/h2-6,9-11,16H,7-8,12H2,1H3;1-2H3;2H,1H3. The molecule has 1 atom stereocenters. The van der Waals surface area contributed by atoms with Gasteiger partial charge in [-0.15, -0.1) is 0 Å². The zero-order valence-electron chi connectivity index (χ0n) is 18.7. The lowest BCUT2D eigenvalue weighted by Gasteiger charge is -2.25. The molecule has 1 N–H and O–H groups in total. The molecule has 172 valence electrons. The van der Waals surface area contributed by atoms with Gasteiger partial charge >= 0.3 is 6.18 Å². The van der Waals surface area contributed by atoms with Gasteiger partial charge in [-0.2, -0.15) is 13.2 Å². The summed E-state index contributed by atoms with van der Waals surface area (Å²) in [7, 11) is 1.00. The molecule has 4 nitrogen and oxygen atoms in total. The molecule has 1 aromatic carbocycles. The number of aliphatic hydroxyl groups excluding tert-OH is 1. The maximum atomic E-state index is 13.4. The van der Waals surface area contributed by atoms with Crippen molar-refractivity contribution in [1.29, 1.82) is 0 Å². The molecule has 0 saturated carbocycles. The Morgan fingerprint density at radius 3 is 2.34 bits per heavy atom. The Morgan fingerprint density at radius 2 is 1.72 bits per heavy atom. The average molecular weight is 447 g/mol. The van der Waals surface area contributed by atoms with Crippen molar-refractivity contribution in [1.82, 2.24) is 4.57 Å². The number of benzene rings is 1. The minimum absolute atomic E-state index is 0.0567. The van der Waals surface area contributed by atoms with Crippen LogP contribution in [0.3, 0.4) is 0 Å². The summed E-state index contributed by atoms with van der Waals surface area (Å²) < 4.78 is 53.8. The van der Waals surface area contributed by atoms with Gasteiger partial charge in [0.1, 0.15) is 11.3 Å². The van der Waals surface area contributed by atoms with E-state index in [-0.39, 0.29) is 12.8 Å². The molecule has 3 aromatic heterocycles. The molecular weight excluding hydrogens is 419 g/mol. The molecular formula is C25H28F3NO3. The van der Waals surface area contributed by atoms with E-state index in [1.165, 1.54) is 0 Å². The molecule has 0 spiro atoms. The zero-order chi connectivity index (χ0) is 23.5. The smallest absolute Gasteiger partial charge is 0.392 e. The summed E-state index contributed by atoms with van der Waals surface area (Å²) >= 11 is 0. The zero-order valence-corrected chi connectivity index (χ0v) is 18.7. The van der Waals surface area contributed by atoms with E-state index in [2.05, 4.69) is 0 Å². The molecule has 1 aliphatic carbocycles. The van der Waals surface area contributed by atoms with Crippen LogP contribution in [0.4, 0.5) is 13.2 Å². The molecule has 7 heteroatoms. The number of nitrogens with zero attached hydrogens (tertiary/aromatic N) is 1. The molecule has 1 unspecified atom stereocenters. The lowest BCUT2D eigenvalue weighted by molar-refractivity contribution is -0.177. The van der Waals surface area contributed by atoms with Gasteiger partial charge in [0.25, 0.3) is 0 Å². The normalized spacial score (nSPS) is 15.4. The Morgan fingerprint density at radius 1 is 1.00 bits per heavy atom. The van der Waals surface area contributed by atoms with Gasteiger partial charge in [0.2, 0.25) is 5.88 Å². The summed E-state index contributed by atoms with van der Waals surface area (Å²) in [4.78, 5) is 0. The molecule has 0 bridgehead atoms. The van der Waals surface area contributed by atoms with Crippen molar-refractivity contribution >= 4 is 11.0 Å². The van der Waals surface area contributed by atoms with Gasteiger partial charge < -0.3 is 13.9 Å². The molecule has 0 fully saturated rings. The highest BCUT2D eigenvalue weighted by Crippen LogP contribution is 2.42. The monoisotopic (exact) mass is 447 g/mol. The summed E-state index contributed by atoms with van der Waals surface area (Å²) in [5, 5.41) is 7.95. The summed E-state index contributed by atoms with van der Waals surface area (Å²) in [5.74, 6) is 0.495. The molecule has 0 radical (unpaired) electrons. The Bertz CT molecular complexity index is 1130. The fourth-order valence-electron chi connectivity index (χ4n) is 4.07. The van der Waals surface area contributed by atoms with Crippen LogP contribution in [0, 0.1) is 12.8 Å². The van der Waals surface area contributed by atoms with Crippen LogP contribution in [-0.2, 0) is 12.8 Å². The van der Waals surface area contributed by atoms with Crippen LogP contribution in [0.1, 0.15) is 37.3 Å². The fraction of sp³-hybridized carbons (Fsp3) is 0.360. The predicted molar refractivity (Wildman–Crippen MR) is 119 cm³/mol. The van der Waals surface area contributed by atoms with E-state index in [9.17, 15) is 13.2 Å². The molecule has 32 heavy (non-hydrogen) atoms. The van der Waals surface area contributed by atoms with Crippen LogP contribution in [0.2, 0.25) is 0 Å². The molecule has 0 amide bonds. The topological polar surface area (TPSA) is 51.4 Å². The fourth-order valence-corrected chi connectivity index (χ4v) is 4.07. The van der Waals surface area contributed by atoms with Crippen molar-refractivity contribution in [2.45, 2.75) is 46.2 Å². The van der Waals surface area contributed by atoms with Gasteiger partial charge in [-0.25, -0.2) is 0 Å². The van der Waals surface area contributed by atoms with Crippen molar-refractivity contribution in [3.8, 4) is 17.3 Å². The van der Waals surface area contributed by atoms with Crippen molar-refractivity contribution in [3.05, 3.63) is 65.5 Å². The third kappa shape index (κ3) is 4.48. The minimum atomic E-state index is -4.20. The van der Waals surface area contributed by atoms with Crippen LogP contribution < -0.4 is 0 Å². The quantitative estimate of drug-likeness (QED) is 0.357. The van der Waals surface area contributed by atoms with E-state index in [1.807, 2.05) is 63.2 Å². The lowest BCUT2D eigenvalue weighted by atomic mass is 9.87. The van der Waals surface area contributed by atoms with Crippen molar-refractivity contribution in [2.24, 2.45) is 5.92 Å². The number of aliphatic hydroxyl groups is 1. The number of alkyl halides is 3. The Balaban J connectivity index is 0.000000686. The highest BCUT2D eigenvalue weighted by molar-refractivity contribution is 5.82. The second-order valence-electron chi connectivity index (χ2n) is 7.35. The van der Waals surface area contributed by atoms with Gasteiger partial charge in [0.15, 0.2) is 5.76 Å². The van der Waals surface area contributed by atoms with Crippen LogP contribution in [0.5, 0.6) is 0 Å². The molecule has 3 heterocycles. The van der Waals surface area contributed by atoms with Crippen molar-refractivity contribution in [2.75, 3.05) is 7.11 Å². The predicted octanol–water partition coefficient (Wildman–Crippen LogP) is 7.09. The van der Waals surface area contributed by atoms with E-state index < -0.39 is 12.1 Å². The first kappa shape index (κ1) is 23.7. The number of aromatic nitrogens is 1. The maximum absolute atomic E-state index is 13.4. The maximum Gasteiger partial charge on any atom is 0.392 e. The molecule has 4 aromatic rings. The van der Waals surface area contributed by atoms with Crippen LogP contribution >= 0.6 is 0 Å². The molecule has 0 saturated heterocycles. The van der Waals surface area contributed by atoms with E-state index in [4.69, 9.17) is 13.9 Å². The summed E-state index contributed by atoms with van der Waals surface area (Å²) in [5.41, 5.74) is 3.04. The van der Waals surface area contributed by atoms with Crippen LogP contribution in [0.15, 0.2) is 57.4 Å². The lowest BCUT2D eigenvalue weighted by Crippen LogP contribution is -2.29. The van der Waals surface area contributed by atoms with Gasteiger partial charge in [0, 0.05) is 24.3 Å². The Labute approximate surface area is 185 Å².